The molecule has 6 nitrogen and oxygen atoms in total. The molecule has 0 saturated carbocycles. The summed E-state index contributed by atoms with van der Waals surface area (Å²) in [4.78, 5) is 24.6. The third kappa shape index (κ3) is 5.39. The minimum atomic E-state index is -1.13. The molecule has 2 amide bonds. The van der Waals surface area contributed by atoms with Crippen LogP contribution in [0.4, 0.5) is 9.59 Å². The number of amides is 2. The van der Waals surface area contributed by atoms with Gasteiger partial charge in [0.15, 0.2) is 0 Å². The molecular weight excluding hydrogens is 312 g/mol. The lowest BCUT2D eigenvalue weighted by atomic mass is 10.0. The highest BCUT2D eigenvalue weighted by atomic mass is 32.1. The van der Waals surface area contributed by atoms with Crippen LogP contribution >= 0.6 is 25.3 Å². The molecule has 116 valence electrons. The summed E-state index contributed by atoms with van der Waals surface area (Å²) in [5.74, 6) is -0.00643. The number of thiol groups is 2. The van der Waals surface area contributed by atoms with Gasteiger partial charge in [0.1, 0.15) is 0 Å². The quantitative estimate of drug-likeness (QED) is 0.457. The van der Waals surface area contributed by atoms with Crippen molar-refractivity contribution in [3.05, 3.63) is 35.9 Å². The number of benzene rings is 1. The van der Waals surface area contributed by atoms with Crippen LogP contribution < -0.4 is 0 Å². The van der Waals surface area contributed by atoms with E-state index >= 15 is 0 Å². The van der Waals surface area contributed by atoms with Gasteiger partial charge >= 0.3 is 12.2 Å². The highest BCUT2D eigenvalue weighted by molar-refractivity contribution is 7.80. The maximum absolute atomic E-state index is 11.3. The molecule has 1 aromatic rings. The van der Waals surface area contributed by atoms with Crippen LogP contribution in [0.15, 0.2) is 30.3 Å². The van der Waals surface area contributed by atoms with Crippen molar-refractivity contribution >= 4 is 37.4 Å². The predicted octanol–water partition coefficient (Wildman–Crippen LogP) is 2.33. The fraction of sp³-hybridized carbons (Fsp3) is 0.385. The van der Waals surface area contributed by atoms with E-state index in [1.54, 1.807) is 0 Å². The van der Waals surface area contributed by atoms with Crippen molar-refractivity contribution in [1.82, 2.24) is 9.80 Å². The largest absolute Gasteiger partial charge is 0.465 e. The molecule has 0 aliphatic carbocycles. The zero-order valence-corrected chi connectivity index (χ0v) is 13.1. The Morgan fingerprint density at radius 1 is 1.05 bits per heavy atom. The molecule has 1 rings (SSSR count). The van der Waals surface area contributed by atoms with Crippen LogP contribution in [0.25, 0.3) is 0 Å². The smallest absolute Gasteiger partial charge is 0.408 e. The highest BCUT2D eigenvalue weighted by Crippen LogP contribution is 2.13. The summed E-state index contributed by atoms with van der Waals surface area (Å²) in [5, 5.41) is 18.3. The summed E-state index contributed by atoms with van der Waals surface area (Å²) in [6, 6.07) is 8.79. The van der Waals surface area contributed by atoms with Crippen LogP contribution in [-0.2, 0) is 6.42 Å². The van der Waals surface area contributed by atoms with Crippen LogP contribution in [0.1, 0.15) is 5.56 Å². The summed E-state index contributed by atoms with van der Waals surface area (Å²) in [6.07, 6.45) is -1.85. The van der Waals surface area contributed by atoms with Gasteiger partial charge in [0, 0.05) is 6.54 Å². The van der Waals surface area contributed by atoms with Gasteiger partial charge < -0.3 is 10.2 Å². The SMILES string of the molecule is O=C(O)N(CS)CC(Cc1ccccc1)N(CS)C(=O)O. The van der Waals surface area contributed by atoms with Gasteiger partial charge in [-0.1, -0.05) is 30.3 Å². The number of nitrogens with zero attached hydrogens (tertiary/aromatic N) is 2. The lowest BCUT2D eigenvalue weighted by Gasteiger charge is -2.31. The van der Waals surface area contributed by atoms with Gasteiger partial charge in [-0.2, -0.15) is 25.3 Å². The summed E-state index contributed by atoms with van der Waals surface area (Å²) < 4.78 is 0. The van der Waals surface area contributed by atoms with Crippen LogP contribution in [0.2, 0.25) is 0 Å². The number of hydrogen-bond acceptors (Lipinski definition) is 4. The standard InChI is InChI=1S/C13H18N2O4S2/c16-12(17)14(8-20)7-11(15(9-21)13(18)19)6-10-4-2-1-3-5-10/h1-5,11,20-21H,6-9H2,(H,16,17)(H,18,19). The molecule has 2 N–H and O–H groups in total. The Morgan fingerprint density at radius 3 is 2.10 bits per heavy atom. The minimum Gasteiger partial charge on any atom is -0.465 e. The first-order valence-corrected chi connectivity index (χ1v) is 7.49. The average molecular weight is 330 g/mol. The third-order valence-electron chi connectivity index (χ3n) is 3.03. The van der Waals surface area contributed by atoms with Crippen LogP contribution in [0, 0.1) is 0 Å². The second-order valence-electron chi connectivity index (χ2n) is 4.38. The van der Waals surface area contributed by atoms with Gasteiger partial charge in [-0.05, 0) is 12.0 Å². The normalized spacial score (nSPS) is 11.7. The Labute approximate surface area is 134 Å². The van der Waals surface area contributed by atoms with Crippen molar-refractivity contribution in [1.29, 1.82) is 0 Å². The first-order valence-electron chi connectivity index (χ1n) is 6.22. The minimum absolute atomic E-state index is 0.000648. The summed E-state index contributed by atoms with van der Waals surface area (Å²) in [5.41, 5.74) is 0.931. The van der Waals surface area contributed by atoms with Crippen molar-refractivity contribution in [3.8, 4) is 0 Å². The Kier molecular flexibility index (Phi) is 7.24. The summed E-state index contributed by atoms with van der Waals surface area (Å²) >= 11 is 7.99. The lowest BCUT2D eigenvalue weighted by Crippen LogP contribution is -2.48. The van der Waals surface area contributed by atoms with E-state index < -0.39 is 18.2 Å². The second-order valence-corrected chi connectivity index (χ2v) is 4.95. The monoisotopic (exact) mass is 330 g/mol. The average Bonchev–Trinajstić information content (AvgIpc) is 2.45. The second kappa shape index (κ2) is 8.68. The van der Waals surface area contributed by atoms with Crippen LogP contribution in [0.5, 0.6) is 0 Å². The van der Waals surface area contributed by atoms with Crippen molar-refractivity contribution in [2.24, 2.45) is 0 Å². The molecule has 0 fully saturated rings. The molecular formula is C13H18N2O4S2. The van der Waals surface area contributed by atoms with Gasteiger partial charge in [-0.15, -0.1) is 0 Å². The molecule has 0 heterocycles. The van der Waals surface area contributed by atoms with E-state index in [9.17, 15) is 14.7 Å². The van der Waals surface area contributed by atoms with E-state index in [-0.39, 0.29) is 18.3 Å². The van der Waals surface area contributed by atoms with Crippen LogP contribution in [-0.4, -0.2) is 56.5 Å². The molecule has 0 aromatic heterocycles. The molecule has 1 atom stereocenters. The van der Waals surface area contributed by atoms with Gasteiger partial charge in [-0.3, -0.25) is 9.80 Å². The van der Waals surface area contributed by atoms with Crippen molar-refractivity contribution in [3.63, 3.8) is 0 Å². The molecule has 0 radical (unpaired) electrons. The molecule has 0 aliphatic rings. The zero-order valence-electron chi connectivity index (χ0n) is 11.3. The van der Waals surface area contributed by atoms with Crippen molar-refractivity contribution in [2.75, 3.05) is 18.3 Å². The van der Waals surface area contributed by atoms with Gasteiger partial charge in [0.2, 0.25) is 0 Å². The topological polar surface area (TPSA) is 81.1 Å². The van der Waals surface area contributed by atoms with Gasteiger partial charge in [0.25, 0.3) is 0 Å². The Hall–Kier alpha value is -1.54. The zero-order chi connectivity index (χ0) is 15.8. The van der Waals surface area contributed by atoms with Crippen molar-refractivity contribution < 1.29 is 19.8 Å². The molecule has 8 heteroatoms. The maximum Gasteiger partial charge on any atom is 0.408 e. The van der Waals surface area contributed by atoms with Gasteiger partial charge in [0.05, 0.1) is 17.8 Å². The predicted molar refractivity (Wildman–Crippen MR) is 86.2 cm³/mol. The summed E-state index contributed by atoms with van der Waals surface area (Å²) in [6.45, 7) is 0.0422. The Bertz CT molecular complexity index is 472. The van der Waals surface area contributed by atoms with E-state index in [4.69, 9.17) is 5.11 Å². The lowest BCUT2D eigenvalue weighted by molar-refractivity contribution is 0.112. The van der Waals surface area contributed by atoms with E-state index in [1.807, 2.05) is 30.3 Å². The first-order chi connectivity index (χ1) is 9.99. The fourth-order valence-electron chi connectivity index (χ4n) is 1.94. The summed E-state index contributed by atoms with van der Waals surface area (Å²) in [7, 11) is 0. The molecule has 0 saturated heterocycles. The third-order valence-corrected chi connectivity index (χ3v) is 3.67. The Morgan fingerprint density at radius 2 is 1.67 bits per heavy atom. The maximum atomic E-state index is 11.3. The first kappa shape index (κ1) is 17.5. The van der Waals surface area contributed by atoms with Gasteiger partial charge in [-0.25, -0.2) is 9.59 Å². The molecule has 1 unspecified atom stereocenters. The molecule has 0 bridgehead atoms. The molecule has 0 spiro atoms. The van der Waals surface area contributed by atoms with Crippen LogP contribution in [0.3, 0.4) is 0 Å². The van der Waals surface area contributed by atoms with E-state index in [1.165, 1.54) is 0 Å². The number of hydrogen-bond donors (Lipinski definition) is 4. The van der Waals surface area contributed by atoms with E-state index in [0.29, 0.717) is 6.42 Å². The fourth-order valence-corrected chi connectivity index (χ4v) is 2.53. The highest BCUT2D eigenvalue weighted by Gasteiger charge is 2.26. The van der Waals surface area contributed by atoms with E-state index in [0.717, 1.165) is 15.4 Å². The molecule has 1 aromatic carbocycles. The molecule has 21 heavy (non-hydrogen) atoms. The van der Waals surface area contributed by atoms with E-state index in [2.05, 4.69) is 25.3 Å². The Balaban J connectivity index is 2.93. The number of carboxylic acid groups (broad SMARTS) is 2. The molecule has 0 aliphatic heterocycles. The number of rotatable bonds is 7. The number of carbonyl (C=O) groups is 2. The van der Waals surface area contributed by atoms with Crippen molar-refractivity contribution in [2.45, 2.75) is 12.5 Å².